The van der Waals surface area contributed by atoms with Gasteiger partial charge in [-0.15, -0.1) is 0 Å². The maximum Gasteiger partial charge on any atom is 0.359 e. The van der Waals surface area contributed by atoms with E-state index < -0.39 is 5.97 Å². The zero-order valence-electron chi connectivity index (χ0n) is 16.2. The highest BCUT2D eigenvalue weighted by Crippen LogP contribution is 2.24. The van der Waals surface area contributed by atoms with Crippen LogP contribution in [-0.2, 0) is 18.4 Å². The van der Waals surface area contributed by atoms with Crippen LogP contribution in [0.2, 0.25) is 0 Å². The third kappa shape index (κ3) is 3.56. The van der Waals surface area contributed by atoms with E-state index in [9.17, 15) is 14.9 Å². The summed E-state index contributed by atoms with van der Waals surface area (Å²) in [5, 5.41) is 14.2. The molecule has 0 aliphatic rings. The van der Waals surface area contributed by atoms with E-state index in [0.717, 1.165) is 21.4 Å². The quantitative estimate of drug-likeness (QED) is 0.490. The fourth-order valence-corrected chi connectivity index (χ4v) is 3.28. The number of nitriles is 1. The number of rotatable bonds is 4. The standard InChI is InChI=1S/C24H17N3O3/c1-27-23(28)21-9-5-4-8-20(21)22(26-27)24(29)30-15-16-10-12-17(13-11-16)19-7-3-2-6-18(19)14-25/h2-13H,15H2,1H3. The van der Waals surface area contributed by atoms with Gasteiger partial charge < -0.3 is 4.74 Å². The Labute approximate surface area is 172 Å². The van der Waals surface area contributed by atoms with Gasteiger partial charge in [-0.2, -0.15) is 10.4 Å². The molecule has 3 aromatic carbocycles. The monoisotopic (exact) mass is 395 g/mol. The van der Waals surface area contributed by atoms with E-state index in [1.807, 2.05) is 42.5 Å². The van der Waals surface area contributed by atoms with Gasteiger partial charge in [0.05, 0.1) is 17.0 Å². The highest BCUT2D eigenvalue weighted by molar-refractivity contribution is 6.02. The van der Waals surface area contributed by atoms with Crippen molar-refractivity contribution in [2.24, 2.45) is 7.05 Å². The van der Waals surface area contributed by atoms with Gasteiger partial charge >= 0.3 is 5.97 Å². The molecule has 6 heteroatoms. The summed E-state index contributed by atoms with van der Waals surface area (Å²) in [7, 11) is 1.50. The number of hydrogen-bond acceptors (Lipinski definition) is 5. The van der Waals surface area contributed by atoms with Crippen molar-refractivity contribution in [1.29, 1.82) is 5.26 Å². The molecule has 0 bridgehead atoms. The Morgan fingerprint density at radius 2 is 1.67 bits per heavy atom. The van der Waals surface area contributed by atoms with Gasteiger partial charge in [-0.1, -0.05) is 60.7 Å². The lowest BCUT2D eigenvalue weighted by Gasteiger charge is -2.09. The van der Waals surface area contributed by atoms with Gasteiger partial charge in [-0.25, -0.2) is 9.48 Å². The first-order valence-electron chi connectivity index (χ1n) is 9.30. The lowest BCUT2D eigenvalue weighted by atomic mass is 9.99. The molecular weight excluding hydrogens is 378 g/mol. The first kappa shape index (κ1) is 19.1. The van der Waals surface area contributed by atoms with E-state index >= 15 is 0 Å². The summed E-state index contributed by atoms with van der Waals surface area (Å²) in [5.74, 6) is -0.597. The van der Waals surface area contributed by atoms with Crippen LogP contribution in [0.15, 0.2) is 77.6 Å². The third-order valence-electron chi connectivity index (χ3n) is 4.83. The van der Waals surface area contributed by atoms with Crippen molar-refractivity contribution >= 4 is 16.7 Å². The minimum Gasteiger partial charge on any atom is -0.456 e. The van der Waals surface area contributed by atoms with Gasteiger partial charge in [0.15, 0.2) is 5.69 Å². The van der Waals surface area contributed by atoms with Crippen LogP contribution in [0.4, 0.5) is 0 Å². The van der Waals surface area contributed by atoms with Crippen LogP contribution in [-0.4, -0.2) is 15.7 Å². The predicted molar refractivity (Wildman–Crippen MR) is 113 cm³/mol. The van der Waals surface area contributed by atoms with Crippen molar-refractivity contribution in [2.45, 2.75) is 6.61 Å². The maximum absolute atomic E-state index is 12.6. The zero-order chi connectivity index (χ0) is 21.1. The molecule has 0 fully saturated rings. The van der Waals surface area contributed by atoms with E-state index in [4.69, 9.17) is 4.74 Å². The lowest BCUT2D eigenvalue weighted by Crippen LogP contribution is -2.23. The molecule has 0 aliphatic heterocycles. The van der Waals surface area contributed by atoms with E-state index in [1.165, 1.54) is 7.05 Å². The number of benzene rings is 3. The summed E-state index contributed by atoms with van der Waals surface area (Å²) >= 11 is 0. The lowest BCUT2D eigenvalue weighted by molar-refractivity contribution is 0.0465. The van der Waals surface area contributed by atoms with E-state index in [0.29, 0.717) is 16.3 Å². The molecule has 0 atom stereocenters. The molecule has 0 unspecified atom stereocenters. The number of ether oxygens (including phenoxy) is 1. The van der Waals surface area contributed by atoms with Crippen LogP contribution in [0, 0.1) is 11.3 Å². The largest absolute Gasteiger partial charge is 0.456 e. The van der Waals surface area contributed by atoms with Crippen LogP contribution in [0.3, 0.4) is 0 Å². The number of aryl methyl sites for hydroxylation is 1. The second-order valence-corrected chi connectivity index (χ2v) is 6.75. The normalized spacial score (nSPS) is 10.5. The number of carbonyl (C=O) groups is 1. The number of aromatic nitrogens is 2. The molecule has 0 radical (unpaired) electrons. The number of carbonyl (C=O) groups excluding carboxylic acids is 1. The van der Waals surface area contributed by atoms with Crippen molar-refractivity contribution in [3.05, 3.63) is 100.0 Å². The molecule has 4 rings (SSSR count). The van der Waals surface area contributed by atoms with Crippen LogP contribution in [0.5, 0.6) is 0 Å². The molecule has 0 aliphatic carbocycles. The van der Waals surface area contributed by atoms with Gasteiger partial charge in [0, 0.05) is 12.4 Å². The maximum atomic E-state index is 12.6. The van der Waals surface area contributed by atoms with E-state index in [1.54, 1.807) is 30.3 Å². The van der Waals surface area contributed by atoms with Crippen LogP contribution in [0.1, 0.15) is 21.6 Å². The van der Waals surface area contributed by atoms with E-state index in [2.05, 4.69) is 11.2 Å². The Hall–Kier alpha value is -4.24. The summed E-state index contributed by atoms with van der Waals surface area (Å²) in [5.41, 5.74) is 3.00. The molecule has 30 heavy (non-hydrogen) atoms. The molecule has 4 aromatic rings. The fraction of sp³-hybridized carbons (Fsp3) is 0.0833. The van der Waals surface area contributed by atoms with Crippen molar-refractivity contribution < 1.29 is 9.53 Å². The Morgan fingerprint density at radius 1 is 1.00 bits per heavy atom. The molecule has 0 amide bonds. The highest BCUT2D eigenvalue weighted by Gasteiger charge is 2.17. The zero-order valence-corrected chi connectivity index (χ0v) is 16.2. The Morgan fingerprint density at radius 3 is 2.40 bits per heavy atom. The van der Waals surface area contributed by atoms with Gasteiger partial charge in [-0.3, -0.25) is 4.79 Å². The minimum absolute atomic E-state index is 0.0673. The van der Waals surface area contributed by atoms with Gasteiger partial charge in [-0.05, 0) is 28.8 Å². The van der Waals surface area contributed by atoms with Crippen molar-refractivity contribution in [2.75, 3.05) is 0 Å². The second kappa shape index (κ2) is 8.02. The Kier molecular flexibility index (Phi) is 5.10. The van der Waals surface area contributed by atoms with Crippen LogP contribution in [0.25, 0.3) is 21.9 Å². The highest BCUT2D eigenvalue weighted by atomic mass is 16.5. The van der Waals surface area contributed by atoms with E-state index in [-0.39, 0.29) is 17.9 Å². The average Bonchev–Trinajstić information content (AvgIpc) is 2.80. The average molecular weight is 395 g/mol. The molecular formula is C24H17N3O3. The second-order valence-electron chi connectivity index (χ2n) is 6.75. The summed E-state index contributed by atoms with van der Waals surface area (Å²) in [6.07, 6.45) is 0. The number of nitrogens with zero attached hydrogens (tertiary/aromatic N) is 3. The number of esters is 1. The Balaban J connectivity index is 1.54. The summed E-state index contributed by atoms with van der Waals surface area (Å²) < 4.78 is 6.58. The van der Waals surface area contributed by atoms with Gasteiger partial charge in [0.25, 0.3) is 5.56 Å². The molecule has 146 valence electrons. The fourth-order valence-electron chi connectivity index (χ4n) is 3.28. The first-order valence-corrected chi connectivity index (χ1v) is 9.30. The summed E-state index contributed by atoms with van der Waals surface area (Å²) in [6.45, 7) is 0.0673. The molecule has 0 saturated carbocycles. The third-order valence-corrected chi connectivity index (χ3v) is 4.83. The smallest absolute Gasteiger partial charge is 0.359 e. The minimum atomic E-state index is -0.597. The first-order chi connectivity index (χ1) is 14.6. The number of fused-ring (bicyclic) bond motifs is 1. The van der Waals surface area contributed by atoms with Crippen LogP contribution < -0.4 is 5.56 Å². The van der Waals surface area contributed by atoms with Crippen molar-refractivity contribution in [3.63, 3.8) is 0 Å². The molecule has 0 N–H and O–H groups in total. The molecule has 1 aromatic heterocycles. The summed E-state index contributed by atoms with van der Waals surface area (Å²) in [4.78, 5) is 24.8. The van der Waals surface area contributed by atoms with Crippen LogP contribution >= 0.6 is 0 Å². The molecule has 6 nitrogen and oxygen atoms in total. The topological polar surface area (TPSA) is 85.0 Å². The summed E-state index contributed by atoms with van der Waals surface area (Å²) in [6, 6.07) is 23.9. The van der Waals surface area contributed by atoms with Crippen molar-refractivity contribution in [1.82, 2.24) is 9.78 Å². The molecule has 0 spiro atoms. The molecule has 1 heterocycles. The number of hydrogen-bond donors (Lipinski definition) is 0. The van der Waals surface area contributed by atoms with Crippen molar-refractivity contribution in [3.8, 4) is 17.2 Å². The predicted octanol–water partition coefficient (Wildman–Crippen LogP) is 3.83. The van der Waals surface area contributed by atoms with Gasteiger partial charge in [0.2, 0.25) is 0 Å². The SMILES string of the molecule is Cn1nc(C(=O)OCc2ccc(-c3ccccc3C#N)cc2)c2ccccc2c1=O. The van der Waals surface area contributed by atoms with Gasteiger partial charge in [0.1, 0.15) is 6.61 Å². The Bertz CT molecular complexity index is 1350. The molecule has 0 saturated heterocycles.